The van der Waals surface area contributed by atoms with E-state index in [1.165, 1.54) is 4.31 Å². The van der Waals surface area contributed by atoms with Crippen molar-refractivity contribution >= 4 is 20.9 Å². The SMILES string of the molecule is Cc1ccc(S(=O)(=O)N2CCC(C(C)O)C2)c2cccnc12. The lowest BCUT2D eigenvalue weighted by Crippen LogP contribution is -2.30. The quantitative estimate of drug-likeness (QED) is 0.938. The lowest BCUT2D eigenvalue weighted by atomic mass is 10.0. The molecule has 0 aliphatic carbocycles. The summed E-state index contributed by atoms with van der Waals surface area (Å²) in [6.07, 6.45) is 1.88. The zero-order valence-corrected chi connectivity index (χ0v) is 13.5. The summed E-state index contributed by atoms with van der Waals surface area (Å²) < 4.78 is 27.4. The molecule has 3 rings (SSSR count). The zero-order chi connectivity index (χ0) is 15.9. The van der Waals surface area contributed by atoms with Crippen molar-refractivity contribution in [2.75, 3.05) is 13.1 Å². The molecule has 1 N–H and O–H groups in total. The van der Waals surface area contributed by atoms with Gasteiger partial charge in [0.1, 0.15) is 0 Å². The minimum Gasteiger partial charge on any atom is -0.393 e. The molecule has 2 atom stereocenters. The number of pyridine rings is 1. The topological polar surface area (TPSA) is 70.5 Å². The lowest BCUT2D eigenvalue weighted by Gasteiger charge is -2.19. The predicted molar refractivity (Wildman–Crippen MR) is 85.0 cm³/mol. The second kappa shape index (κ2) is 5.61. The van der Waals surface area contributed by atoms with Crippen LogP contribution >= 0.6 is 0 Å². The summed E-state index contributed by atoms with van der Waals surface area (Å²) in [5.74, 6) is 0.00427. The van der Waals surface area contributed by atoms with Crippen LogP contribution in [0, 0.1) is 12.8 Å². The maximum atomic E-state index is 12.9. The van der Waals surface area contributed by atoms with Crippen LogP contribution in [0.1, 0.15) is 18.9 Å². The van der Waals surface area contributed by atoms with E-state index in [1.54, 1.807) is 37.4 Å². The Bertz CT molecular complexity index is 802. The van der Waals surface area contributed by atoms with Crippen LogP contribution < -0.4 is 0 Å². The van der Waals surface area contributed by atoms with Crippen molar-refractivity contribution in [1.82, 2.24) is 9.29 Å². The number of benzene rings is 1. The number of fused-ring (bicyclic) bond motifs is 1. The molecule has 1 aliphatic heterocycles. The predicted octanol–water partition coefficient (Wildman–Crippen LogP) is 1.93. The minimum absolute atomic E-state index is 0.00427. The van der Waals surface area contributed by atoms with E-state index in [1.807, 2.05) is 6.92 Å². The number of nitrogens with zero attached hydrogens (tertiary/aromatic N) is 2. The molecule has 2 unspecified atom stereocenters. The van der Waals surface area contributed by atoms with Gasteiger partial charge < -0.3 is 5.11 Å². The van der Waals surface area contributed by atoms with Crippen LogP contribution in [0.3, 0.4) is 0 Å². The van der Waals surface area contributed by atoms with Gasteiger partial charge in [0.2, 0.25) is 10.0 Å². The highest BCUT2D eigenvalue weighted by atomic mass is 32.2. The van der Waals surface area contributed by atoms with E-state index in [4.69, 9.17) is 0 Å². The van der Waals surface area contributed by atoms with Gasteiger partial charge in [-0.1, -0.05) is 6.07 Å². The highest BCUT2D eigenvalue weighted by Crippen LogP contribution is 2.30. The monoisotopic (exact) mass is 320 g/mol. The van der Waals surface area contributed by atoms with Crippen molar-refractivity contribution in [1.29, 1.82) is 0 Å². The van der Waals surface area contributed by atoms with Crippen LogP contribution in [0.4, 0.5) is 0 Å². The lowest BCUT2D eigenvalue weighted by molar-refractivity contribution is 0.133. The Morgan fingerprint density at radius 3 is 2.82 bits per heavy atom. The number of rotatable bonds is 3. The molecule has 0 radical (unpaired) electrons. The van der Waals surface area contributed by atoms with Gasteiger partial charge in [0.25, 0.3) is 0 Å². The molecule has 1 aromatic carbocycles. The Kier molecular flexibility index (Phi) is 3.92. The molecule has 0 amide bonds. The molecule has 2 aromatic rings. The van der Waals surface area contributed by atoms with Crippen LogP contribution in [0.15, 0.2) is 35.4 Å². The third kappa shape index (κ3) is 2.51. The van der Waals surface area contributed by atoms with Crippen LogP contribution in [0.5, 0.6) is 0 Å². The normalized spacial score (nSPS) is 21.3. The third-order valence-corrected chi connectivity index (χ3v) is 6.34. The molecule has 1 saturated heterocycles. The molecule has 1 aromatic heterocycles. The second-order valence-electron chi connectivity index (χ2n) is 5.93. The van der Waals surface area contributed by atoms with E-state index >= 15 is 0 Å². The molecule has 1 aliphatic rings. The van der Waals surface area contributed by atoms with Gasteiger partial charge in [-0.15, -0.1) is 0 Å². The van der Waals surface area contributed by atoms with E-state index in [9.17, 15) is 13.5 Å². The van der Waals surface area contributed by atoms with Crippen LogP contribution in [0.2, 0.25) is 0 Å². The molecule has 0 bridgehead atoms. The van der Waals surface area contributed by atoms with Gasteiger partial charge in [-0.3, -0.25) is 4.98 Å². The van der Waals surface area contributed by atoms with Crippen molar-refractivity contribution in [2.24, 2.45) is 5.92 Å². The summed E-state index contributed by atoms with van der Waals surface area (Å²) in [5, 5.41) is 10.3. The second-order valence-corrected chi connectivity index (χ2v) is 7.84. The van der Waals surface area contributed by atoms with E-state index in [2.05, 4.69) is 4.98 Å². The summed E-state index contributed by atoms with van der Waals surface area (Å²) >= 11 is 0. The molecular weight excluding hydrogens is 300 g/mol. The van der Waals surface area contributed by atoms with Crippen LogP contribution in [-0.2, 0) is 10.0 Å². The molecule has 0 spiro atoms. The number of aromatic nitrogens is 1. The molecule has 118 valence electrons. The van der Waals surface area contributed by atoms with Crippen LogP contribution in [-0.4, -0.2) is 42.0 Å². The van der Waals surface area contributed by atoms with Gasteiger partial charge in [0.05, 0.1) is 16.5 Å². The Balaban J connectivity index is 2.06. The average Bonchev–Trinajstić information content (AvgIpc) is 2.98. The summed E-state index contributed by atoms with van der Waals surface area (Å²) in [4.78, 5) is 4.60. The molecule has 0 saturated carbocycles. The fourth-order valence-electron chi connectivity index (χ4n) is 3.02. The number of sulfonamides is 1. The van der Waals surface area contributed by atoms with Gasteiger partial charge in [0.15, 0.2) is 0 Å². The average molecular weight is 320 g/mol. The standard InChI is InChI=1S/C16H20N2O3S/c1-11-5-6-15(14-4-3-8-17-16(11)14)22(20,21)18-9-7-13(10-18)12(2)19/h3-6,8,12-13,19H,7,9-10H2,1-2H3. The molecule has 5 nitrogen and oxygen atoms in total. The van der Waals surface area contributed by atoms with Crippen LogP contribution in [0.25, 0.3) is 10.9 Å². The third-order valence-electron chi connectivity index (χ3n) is 4.42. The Morgan fingerprint density at radius 2 is 2.14 bits per heavy atom. The molecule has 6 heteroatoms. The number of aryl methyl sites for hydroxylation is 1. The highest BCUT2D eigenvalue weighted by Gasteiger charge is 2.35. The first-order chi connectivity index (χ1) is 10.4. The van der Waals surface area contributed by atoms with Crippen molar-refractivity contribution in [2.45, 2.75) is 31.3 Å². The fraction of sp³-hybridized carbons (Fsp3) is 0.438. The van der Waals surface area contributed by atoms with Gasteiger partial charge in [0, 0.05) is 24.7 Å². The van der Waals surface area contributed by atoms with Crippen molar-refractivity contribution < 1.29 is 13.5 Å². The van der Waals surface area contributed by atoms with E-state index in [0.717, 1.165) is 11.1 Å². The van der Waals surface area contributed by atoms with Gasteiger partial charge in [-0.25, -0.2) is 8.42 Å². The maximum Gasteiger partial charge on any atom is 0.243 e. The largest absolute Gasteiger partial charge is 0.393 e. The van der Waals surface area contributed by atoms with Crippen molar-refractivity contribution in [3.05, 3.63) is 36.0 Å². The fourth-order valence-corrected chi connectivity index (χ4v) is 4.71. The molecule has 1 fully saturated rings. The first kappa shape index (κ1) is 15.4. The number of hydrogen-bond acceptors (Lipinski definition) is 4. The zero-order valence-electron chi connectivity index (χ0n) is 12.7. The first-order valence-electron chi connectivity index (χ1n) is 7.44. The van der Waals surface area contributed by atoms with E-state index in [0.29, 0.717) is 29.8 Å². The van der Waals surface area contributed by atoms with Crippen molar-refractivity contribution in [3.63, 3.8) is 0 Å². The Hall–Kier alpha value is -1.50. The molecular formula is C16H20N2O3S. The summed E-state index contributed by atoms with van der Waals surface area (Å²) in [6, 6.07) is 7.00. The van der Waals surface area contributed by atoms with Gasteiger partial charge >= 0.3 is 0 Å². The van der Waals surface area contributed by atoms with Crippen molar-refractivity contribution in [3.8, 4) is 0 Å². The molecule has 2 heterocycles. The smallest absolute Gasteiger partial charge is 0.243 e. The van der Waals surface area contributed by atoms with E-state index < -0.39 is 16.1 Å². The number of aliphatic hydroxyl groups excluding tert-OH is 1. The highest BCUT2D eigenvalue weighted by molar-refractivity contribution is 7.89. The summed E-state index contributed by atoms with van der Waals surface area (Å²) in [7, 11) is -3.57. The minimum atomic E-state index is -3.57. The molecule has 22 heavy (non-hydrogen) atoms. The Morgan fingerprint density at radius 1 is 1.36 bits per heavy atom. The first-order valence-corrected chi connectivity index (χ1v) is 8.88. The summed E-state index contributed by atoms with van der Waals surface area (Å²) in [5.41, 5.74) is 1.67. The van der Waals surface area contributed by atoms with Gasteiger partial charge in [-0.05, 0) is 49.9 Å². The number of hydrogen-bond donors (Lipinski definition) is 1. The van der Waals surface area contributed by atoms with E-state index in [-0.39, 0.29) is 5.92 Å². The maximum absolute atomic E-state index is 12.9. The van der Waals surface area contributed by atoms with Gasteiger partial charge in [-0.2, -0.15) is 4.31 Å². The summed E-state index contributed by atoms with van der Waals surface area (Å²) in [6.45, 7) is 4.46. The number of aliphatic hydroxyl groups is 1. The Labute approximate surface area is 130 Å².